The van der Waals surface area contributed by atoms with Crippen molar-refractivity contribution >= 4 is 34.1 Å². The molecule has 6 heteroatoms. The molecule has 0 atom stereocenters. The van der Waals surface area contributed by atoms with Crippen molar-refractivity contribution in [3.05, 3.63) is 60.8 Å². The van der Waals surface area contributed by atoms with Crippen molar-refractivity contribution in [2.75, 3.05) is 23.9 Å². The van der Waals surface area contributed by atoms with Gasteiger partial charge in [0.05, 0.1) is 24.0 Å². The van der Waals surface area contributed by atoms with Crippen molar-refractivity contribution in [3.63, 3.8) is 0 Å². The zero-order chi connectivity index (χ0) is 18.5. The molecule has 1 N–H and O–H groups in total. The van der Waals surface area contributed by atoms with E-state index in [1.54, 1.807) is 30.5 Å². The molecule has 132 valence electrons. The Hall–Kier alpha value is -3.41. The first kappa shape index (κ1) is 17.4. The van der Waals surface area contributed by atoms with Gasteiger partial charge in [-0.1, -0.05) is 30.3 Å². The van der Waals surface area contributed by atoms with Crippen LogP contribution in [0, 0.1) is 0 Å². The predicted molar refractivity (Wildman–Crippen MR) is 101 cm³/mol. The molecule has 0 aliphatic heterocycles. The van der Waals surface area contributed by atoms with Gasteiger partial charge in [-0.15, -0.1) is 0 Å². The summed E-state index contributed by atoms with van der Waals surface area (Å²) >= 11 is 0. The van der Waals surface area contributed by atoms with E-state index in [0.717, 1.165) is 5.39 Å². The van der Waals surface area contributed by atoms with Gasteiger partial charge in [-0.05, 0) is 24.3 Å². The van der Waals surface area contributed by atoms with Crippen molar-refractivity contribution in [2.24, 2.45) is 0 Å². The fourth-order valence-corrected chi connectivity index (χ4v) is 2.75. The van der Waals surface area contributed by atoms with Gasteiger partial charge in [0, 0.05) is 18.5 Å². The van der Waals surface area contributed by atoms with Gasteiger partial charge < -0.3 is 15.0 Å². The highest BCUT2D eigenvalue weighted by Crippen LogP contribution is 2.26. The van der Waals surface area contributed by atoms with E-state index >= 15 is 0 Å². The number of carbonyl (C=O) groups is 2. The van der Waals surface area contributed by atoms with Crippen molar-refractivity contribution in [1.29, 1.82) is 0 Å². The molecule has 2 aromatic carbocycles. The number of aromatic nitrogens is 1. The van der Waals surface area contributed by atoms with Crippen LogP contribution in [0.3, 0.4) is 0 Å². The number of nitrogens with one attached hydrogen (secondary N) is 1. The van der Waals surface area contributed by atoms with Crippen molar-refractivity contribution < 1.29 is 14.3 Å². The molecule has 0 aliphatic rings. The van der Waals surface area contributed by atoms with Crippen LogP contribution in [0.5, 0.6) is 5.75 Å². The number of ether oxygens (including phenoxy) is 1. The summed E-state index contributed by atoms with van der Waals surface area (Å²) in [6.07, 6.45) is 1.67. The fourth-order valence-electron chi connectivity index (χ4n) is 2.75. The second kappa shape index (κ2) is 7.65. The smallest absolute Gasteiger partial charge is 0.244 e. The van der Waals surface area contributed by atoms with Crippen LogP contribution in [0.4, 0.5) is 11.4 Å². The second-order valence-corrected chi connectivity index (χ2v) is 5.71. The SMILES string of the molecule is COc1ccccc1NC(=O)CN(C(C)=O)c1cccc2cccnc12. The molecule has 26 heavy (non-hydrogen) atoms. The van der Waals surface area contributed by atoms with Gasteiger partial charge in [0.15, 0.2) is 0 Å². The third kappa shape index (κ3) is 3.64. The number of benzene rings is 2. The van der Waals surface area contributed by atoms with E-state index in [-0.39, 0.29) is 18.4 Å². The lowest BCUT2D eigenvalue weighted by molar-refractivity contribution is -0.120. The predicted octanol–water partition coefficient (Wildman–Crippen LogP) is 3.24. The monoisotopic (exact) mass is 349 g/mol. The zero-order valence-electron chi connectivity index (χ0n) is 14.6. The molecule has 0 aliphatic carbocycles. The standard InChI is InChI=1S/C20H19N3O3/c1-14(24)23(17-10-5-7-15-8-6-12-21-20(15)17)13-19(25)22-16-9-3-4-11-18(16)26-2/h3-12H,13H2,1-2H3,(H,22,25). The average Bonchev–Trinajstić information content (AvgIpc) is 2.66. The second-order valence-electron chi connectivity index (χ2n) is 5.71. The first-order valence-corrected chi connectivity index (χ1v) is 8.15. The number of anilines is 2. The van der Waals surface area contributed by atoms with E-state index < -0.39 is 0 Å². The number of nitrogens with zero attached hydrogens (tertiary/aromatic N) is 2. The molecule has 0 bridgehead atoms. The molecule has 3 rings (SSSR count). The van der Waals surface area contributed by atoms with Gasteiger partial charge in [0.2, 0.25) is 11.8 Å². The lowest BCUT2D eigenvalue weighted by atomic mass is 10.1. The summed E-state index contributed by atoms with van der Waals surface area (Å²) in [4.78, 5) is 30.5. The molecule has 0 radical (unpaired) electrons. The third-order valence-corrected chi connectivity index (χ3v) is 3.97. The Bertz CT molecular complexity index is 950. The molecular weight excluding hydrogens is 330 g/mol. The number of hydrogen-bond donors (Lipinski definition) is 1. The third-order valence-electron chi connectivity index (χ3n) is 3.97. The fraction of sp³-hybridized carbons (Fsp3) is 0.150. The van der Waals surface area contributed by atoms with E-state index in [1.165, 1.54) is 18.9 Å². The number of fused-ring (bicyclic) bond motifs is 1. The molecule has 2 amide bonds. The Labute approximate surface area is 151 Å². The highest BCUT2D eigenvalue weighted by Gasteiger charge is 2.19. The van der Waals surface area contributed by atoms with E-state index in [0.29, 0.717) is 22.6 Å². The highest BCUT2D eigenvalue weighted by atomic mass is 16.5. The number of methoxy groups -OCH3 is 1. The van der Waals surface area contributed by atoms with Crippen LogP contribution in [-0.2, 0) is 9.59 Å². The summed E-state index contributed by atoms with van der Waals surface area (Å²) < 4.78 is 5.24. The van der Waals surface area contributed by atoms with E-state index in [9.17, 15) is 9.59 Å². The van der Waals surface area contributed by atoms with Crippen LogP contribution >= 0.6 is 0 Å². The Balaban J connectivity index is 1.87. The van der Waals surface area contributed by atoms with Crippen LogP contribution in [-0.4, -0.2) is 30.5 Å². The number of hydrogen-bond acceptors (Lipinski definition) is 4. The van der Waals surface area contributed by atoms with Gasteiger partial charge in [-0.25, -0.2) is 0 Å². The minimum atomic E-state index is -0.322. The number of amides is 2. The van der Waals surface area contributed by atoms with Crippen LogP contribution in [0.25, 0.3) is 10.9 Å². The first-order valence-electron chi connectivity index (χ1n) is 8.15. The van der Waals surface area contributed by atoms with Gasteiger partial charge >= 0.3 is 0 Å². The highest BCUT2D eigenvalue weighted by molar-refractivity contribution is 6.06. The van der Waals surface area contributed by atoms with Crippen LogP contribution in [0.2, 0.25) is 0 Å². The summed E-state index contributed by atoms with van der Waals surface area (Å²) in [5.41, 5.74) is 1.83. The lowest BCUT2D eigenvalue weighted by Gasteiger charge is -2.22. The molecule has 0 saturated heterocycles. The largest absolute Gasteiger partial charge is 0.495 e. The maximum atomic E-state index is 12.5. The topological polar surface area (TPSA) is 71.5 Å². The minimum absolute atomic E-state index is 0.122. The quantitative estimate of drug-likeness (QED) is 0.768. The van der Waals surface area contributed by atoms with Gasteiger partial charge in [-0.2, -0.15) is 0 Å². The molecule has 6 nitrogen and oxygen atoms in total. The molecule has 0 unspecified atom stereocenters. The van der Waals surface area contributed by atoms with E-state index in [4.69, 9.17) is 4.74 Å². The van der Waals surface area contributed by atoms with Crippen LogP contribution in [0.1, 0.15) is 6.92 Å². The molecule has 0 spiro atoms. The molecule has 0 saturated carbocycles. The van der Waals surface area contributed by atoms with Crippen molar-refractivity contribution in [3.8, 4) is 5.75 Å². The number of para-hydroxylation sites is 3. The molecule has 3 aromatic rings. The Kier molecular flexibility index (Phi) is 5.12. The average molecular weight is 349 g/mol. The van der Waals surface area contributed by atoms with E-state index in [1.807, 2.05) is 30.3 Å². The number of carbonyl (C=O) groups excluding carboxylic acids is 2. The molecule has 1 aromatic heterocycles. The van der Waals surface area contributed by atoms with Crippen molar-refractivity contribution in [1.82, 2.24) is 4.98 Å². The lowest BCUT2D eigenvalue weighted by Crippen LogP contribution is -2.37. The molecule has 0 fully saturated rings. The summed E-state index contributed by atoms with van der Waals surface area (Å²) in [6, 6.07) is 16.4. The summed E-state index contributed by atoms with van der Waals surface area (Å²) in [6.45, 7) is 1.31. The summed E-state index contributed by atoms with van der Waals surface area (Å²) in [5, 5.41) is 3.69. The molecule has 1 heterocycles. The van der Waals surface area contributed by atoms with Crippen LogP contribution in [0.15, 0.2) is 60.8 Å². The summed E-state index contributed by atoms with van der Waals surface area (Å²) in [7, 11) is 1.54. The maximum Gasteiger partial charge on any atom is 0.244 e. The normalized spacial score (nSPS) is 10.4. The van der Waals surface area contributed by atoms with Gasteiger partial charge in [-0.3, -0.25) is 14.6 Å². The van der Waals surface area contributed by atoms with Gasteiger partial charge in [0.25, 0.3) is 0 Å². The number of rotatable bonds is 5. The van der Waals surface area contributed by atoms with Crippen LogP contribution < -0.4 is 15.0 Å². The number of pyridine rings is 1. The summed E-state index contributed by atoms with van der Waals surface area (Å²) in [5.74, 6) is -0.00184. The Morgan fingerprint density at radius 2 is 1.85 bits per heavy atom. The van der Waals surface area contributed by atoms with Gasteiger partial charge in [0.1, 0.15) is 12.3 Å². The Morgan fingerprint density at radius 1 is 1.08 bits per heavy atom. The molecular formula is C20H19N3O3. The van der Waals surface area contributed by atoms with Crippen molar-refractivity contribution in [2.45, 2.75) is 6.92 Å². The zero-order valence-corrected chi connectivity index (χ0v) is 14.6. The van der Waals surface area contributed by atoms with E-state index in [2.05, 4.69) is 10.3 Å². The maximum absolute atomic E-state index is 12.5. The first-order chi connectivity index (χ1) is 12.6. The minimum Gasteiger partial charge on any atom is -0.495 e. The Morgan fingerprint density at radius 3 is 2.62 bits per heavy atom.